The van der Waals surface area contributed by atoms with E-state index in [2.05, 4.69) is 46.8 Å². The van der Waals surface area contributed by atoms with Gasteiger partial charge in [0.2, 0.25) is 0 Å². The summed E-state index contributed by atoms with van der Waals surface area (Å²) in [5.74, 6) is 0.401. The average Bonchev–Trinajstić information content (AvgIpc) is 3.41. The summed E-state index contributed by atoms with van der Waals surface area (Å²) in [5.41, 5.74) is -2.00. The van der Waals surface area contributed by atoms with Gasteiger partial charge in [-0.05, 0) is 86.4 Å². The van der Waals surface area contributed by atoms with Gasteiger partial charge in [0.15, 0.2) is 12.6 Å². The van der Waals surface area contributed by atoms with Crippen molar-refractivity contribution in [2.24, 2.45) is 50.2 Å². The highest BCUT2D eigenvalue weighted by Gasteiger charge is 2.79. The zero-order valence-electron chi connectivity index (χ0n) is 33.7. The van der Waals surface area contributed by atoms with Crippen LogP contribution in [-0.2, 0) is 23.7 Å². The molecule has 0 unspecified atom stereocenters. The average molecular weight is 781 g/mol. The summed E-state index contributed by atoms with van der Waals surface area (Å²) in [4.78, 5) is 0. The minimum atomic E-state index is -1.67. The molecule has 55 heavy (non-hydrogen) atoms. The van der Waals surface area contributed by atoms with E-state index in [9.17, 15) is 40.9 Å². The topological polar surface area (TPSA) is 208 Å². The van der Waals surface area contributed by atoms with Gasteiger partial charge in [0.1, 0.15) is 42.7 Å². The molecule has 3 saturated heterocycles. The monoisotopic (exact) mass is 780 g/mol. The highest BCUT2D eigenvalue weighted by Crippen LogP contribution is 2.79. The molecule has 8 aliphatic rings. The van der Waals surface area contributed by atoms with Crippen molar-refractivity contribution < 1.29 is 64.5 Å². The lowest BCUT2D eigenvalue weighted by molar-refractivity contribution is -0.368. The van der Waals surface area contributed by atoms with Crippen LogP contribution in [-0.4, -0.2) is 140 Å². The number of hydrogen-bond acceptors (Lipinski definition) is 13. The van der Waals surface area contributed by atoms with Crippen molar-refractivity contribution in [1.82, 2.24) is 0 Å². The van der Waals surface area contributed by atoms with Crippen molar-refractivity contribution in [3.63, 3.8) is 0 Å². The maximum atomic E-state index is 12.1. The molecular formula is C42H68O13. The van der Waals surface area contributed by atoms with Gasteiger partial charge >= 0.3 is 0 Å². The Hall–Kier alpha value is -0.780. The molecule has 0 aromatic heterocycles. The van der Waals surface area contributed by atoms with Gasteiger partial charge in [0, 0.05) is 22.2 Å². The molecular weight excluding hydrogens is 712 g/mol. The van der Waals surface area contributed by atoms with Crippen LogP contribution in [0.2, 0.25) is 0 Å². The lowest BCUT2D eigenvalue weighted by Gasteiger charge is -2.73. The Morgan fingerprint density at radius 3 is 2.13 bits per heavy atom. The third-order valence-corrected chi connectivity index (χ3v) is 17.9. The van der Waals surface area contributed by atoms with Gasteiger partial charge in [-0.25, -0.2) is 0 Å². The molecule has 7 fully saturated rings. The summed E-state index contributed by atoms with van der Waals surface area (Å²) < 4.78 is 31.2. The smallest absolute Gasteiger partial charge is 0.187 e. The molecule has 4 saturated carbocycles. The molecule has 8 N–H and O–H groups in total. The molecule has 3 aliphatic heterocycles. The van der Waals surface area contributed by atoms with Crippen LogP contribution in [0.5, 0.6) is 0 Å². The van der Waals surface area contributed by atoms with Crippen LogP contribution >= 0.6 is 0 Å². The quantitative estimate of drug-likeness (QED) is 0.143. The number of allylic oxidation sites excluding steroid dienone is 1. The summed E-state index contributed by atoms with van der Waals surface area (Å²) in [6.45, 7) is 15.2. The summed E-state index contributed by atoms with van der Waals surface area (Å²) in [7, 11) is 0. The molecule has 0 amide bonds. The lowest BCUT2D eigenvalue weighted by Crippen LogP contribution is -2.72. The molecule has 13 heteroatoms. The fraction of sp³-hybridized carbons (Fsp3) is 0.952. The largest absolute Gasteiger partial charge is 0.396 e. The molecule has 314 valence electrons. The van der Waals surface area contributed by atoms with Crippen molar-refractivity contribution in [3.8, 4) is 0 Å². The van der Waals surface area contributed by atoms with Crippen molar-refractivity contribution in [3.05, 3.63) is 12.2 Å². The Morgan fingerprint density at radius 2 is 1.44 bits per heavy atom. The first-order valence-corrected chi connectivity index (χ1v) is 20.9. The van der Waals surface area contributed by atoms with E-state index in [0.717, 1.165) is 38.5 Å². The summed E-state index contributed by atoms with van der Waals surface area (Å²) in [6, 6.07) is 0. The first kappa shape index (κ1) is 41.0. The van der Waals surface area contributed by atoms with Gasteiger partial charge in [-0.3, -0.25) is 0 Å². The van der Waals surface area contributed by atoms with Gasteiger partial charge < -0.3 is 64.5 Å². The minimum Gasteiger partial charge on any atom is -0.396 e. The summed E-state index contributed by atoms with van der Waals surface area (Å²) in [6.07, 6.45) is -3.55. The van der Waals surface area contributed by atoms with Gasteiger partial charge in [-0.1, -0.05) is 53.7 Å². The van der Waals surface area contributed by atoms with Crippen LogP contribution in [0.15, 0.2) is 12.2 Å². The lowest BCUT2D eigenvalue weighted by atomic mass is 9.32. The third-order valence-electron chi connectivity index (χ3n) is 17.9. The molecule has 0 aromatic rings. The Kier molecular flexibility index (Phi) is 9.95. The Labute approximate surface area is 325 Å². The van der Waals surface area contributed by atoms with Crippen molar-refractivity contribution in [2.75, 3.05) is 19.8 Å². The van der Waals surface area contributed by atoms with E-state index in [0.29, 0.717) is 19.4 Å². The van der Waals surface area contributed by atoms with Crippen molar-refractivity contribution >= 4 is 0 Å². The maximum absolute atomic E-state index is 12.1. The highest BCUT2D eigenvalue weighted by atomic mass is 16.7. The fourth-order valence-electron chi connectivity index (χ4n) is 14.3. The highest BCUT2D eigenvalue weighted by molar-refractivity contribution is 5.36. The number of ether oxygens (including phenoxy) is 5. The van der Waals surface area contributed by atoms with E-state index in [-0.39, 0.29) is 51.4 Å². The molecule has 3 heterocycles. The maximum Gasteiger partial charge on any atom is 0.187 e. The van der Waals surface area contributed by atoms with E-state index in [1.807, 2.05) is 6.92 Å². The van der Waals surface area contributed by atoms with Gasteiger partial charge in [-0.2, -0.15) is 0 Å². The molecule has 21 atom stereocenters. The first-order chi connectivity index (χ1) is 25.7. The van der Waals surface area contributed by atoms with Gasteiger partial charge in [0.05, 0.1) is 43.7 Å². The van der Waals surface area contributed by atoms with Crippen LogP contribution in [0.4, 0.5) is 0 Å². The normalized spacial score (nSPS) is 59.7. The molecule has 0 aromatic carbocycles. The zero-order chi connectivity index (χ0) is 39.9. The van der Waals surface area contributed by atoms with Crippen LogP contribution in [0, 0.1) is 50.2 Å². The summed E-state index contributed by atoms with van der Waals surface area (Å²) in [5, 5.41) is 87.5. The number of hydrogen-bond donors (Lipinski definition) is 8. The molecule has 2 bridgehead atoms. The number of aliphatic hydroxyl groups is 8. The Bertz CT molecular complexity index is 1490. The minimum absolute atomic E-state index is 0.0158. The second-order valence-corrected chi connectivity index (χ2v) is 21.0. The number of rotatable bonds is 6. The zero-order valence-corrected chi connectivity index (χ0v) is 33.7. The van der Waals surface area contributed by atoms with E-state index in [1.54, 1.807) is 0 Å². The second kappa shape index (κ2) is 13.4. The molecule has 5 aliphatic carbocycles. The number of aliphatic hydroxyl groups excluding tert-OH is 8. The third kappa shape index (κ3) is 5.44. The van der Waals surface area contributed by atoms with Gasteiger partial charge in [0.25, 0.3) is 0 Å². The molecule has 1 spiro atoms. The van der Waals surface area contributed by atoms with Gasteiger partial charge in [-0.15, -0.1) is 0 Å². The second-order valence-electron chi connectivity index (χ2n) is 21.0. The number of fused-ring (bicyclic) bond motifs is 4. The van der Waals surface area contributed by atoms with E-state index >= 15 is 0 Å². The predicted octanol–water partition coefficient (Wildman–Crippen LogP) is 1.78. The van der Waals surface area contributed by atoms with Crippen molar-refractivity contribution in [1.29, 1.82) is 0 Å². The molecule has 13 nitrogen and oxygen atoms in total. The summed E-state index contributed by atoms with van der Waals surface area (Å²) >= 11 is 0. The van der Waals surface area contributed by atoms with Crippen LogP contribution in [0.1, 0.15) is 99.8 Å². The molecule has 8 rings (SSSR count). The first-order valence-electron chi connectivity index (χ1n) is 20.9. The van der Waals surface area contributed by atoms with Crippen LogP contribution in [0.3, 0.4) is 0 Å². The van der Waals surface area contributed by atoms with E-state index in [4.69, 9.17) is 23.7 Å². The van der Waals surface area contributed by atoms with E-state index in [1.165, 1.54) is 6.92 Å². The van der Waals surface area contributed by atoms with Crippen LogP contribution < -0.4 is 0 Å². The Morgan fingerprint density at radius 1 is 0.727 bits per heavy atom. The SMILES string of the molecule is C[C@H]1O[C@@H](O[C@H]2[C@@H](O)[C@@H](CO)O[C@@H](O[C@H]3CC[C@@]4(C)[C@@H](CC[C@@]5(C)[C@H]4C=C[C@@]46OC[C@@]7(CCC(C)(C)C[C@@H]74)[C@H](O)C[C@]56C)[C@]3(C)CO)[C@@H]2O)[C@H](O)[C@@H](O)[C@@H]1O. The standard InChI is InChI=1S/C42H68O13/c1-21-28(46)30(48)31(49)34(52-21)55-33-29(47)22(18-43)53-35(32(33)50)54-27-10-11-37(4)23(38(27,5)19-44)8-12-39(6)24(37)9-13-42-25-16-36(2,3)14-15-41(25,20-51-42)26(45)17-40(39,42)7/h9,13,21-35,43-50H,8,10-12,14-20H2,1-7H3/t21-,22-,23-,24+,25+,26-,27+,28-,29+,30+,31-,32-,33+,34+,35+,37+,38+,39+,40-,41-,42-/m1/s1. The van der Waals surface area contributed by atoms with E-state index < -0.39 is 91.2 Å². The molecule has 0 radical (unpaired) electrons. The van der Waals surface area contributed by atoms with Crippen LogP contribution in [0.25, 0.3) is 0 Å². The fourth-order valence-corrected chi connectivity index (χ4v) is 14.3. The van der Waals surface area contributed by atoms with Crippen molar-refractivity contribution in [2.45, 2.75) is 179 Å². The Balaban J connectivity index is 1.06. The predicted molar refractivity (Wildman–Crippen MR) is 197 cm³/mol.